The van der Waals surface area contributed by atoms with Crippen molar-refractivity contribution in [3.63, 3.8) is 0 Å². The molecule has 1 aromatic rings. The van der Waals surface area contributed by atoms with Crippen LogP contribution in [-0.2, 0) is 0 Å². The fourth-order valence-electron chi connectivity index (χ4n) is 1.24. The molecule has 1 rings (SSSR count). The predicted molar refractivity (Wildman–Crippen MR) is 74.0 cm³/mol. The number of carbonyl (C=O) groups is 1. The van der Waals surface area contributed by atoms with E-state index in [1.165, 1.54) is 0 Å². The zero-order chi connectivity index (χ0) is 13.9. The molecule has 5 nitrogen and oxygen atoms in total. The van der Waals surface area contributed by atoms with Gasteiger partial charge in [0, 0.05) is 0 Å². The van der Waals surface area contributed by atoms with E-state index in [-0.39, 0.29) is 24.0 Å². The molecule has 0 fully saturated rings. The highest BCUT2D eigenvalue weighted by molar-refractivity contribution is 9.10. The molecular formula is C10H16BrClF2N4O. The Morgan fingerprint density at radius 1 is 1.58 bits per heavy atom. The lowest BCUT2D eigenvalue weighted by atomic mass is 10.1. The van der Waals surface area contributed by atoms with Gasteiger partial charge in [-0.05, 0) is 21.8 Å². The molecule has 0 atom stereocenters. The summed E-state index contributed by atoms with van der Waals surface area (Å²) in [4.78, 5) is 11.7. The van der Waals surface area contributed by atoms with Crippen molar-refractivity contribution >= 4 is 34.2 Å². The standard InChI is InChI=1S/C10H15BrF2N4O.ClH/c1-5(2)7-6(11)8(17-16-7)9(18)15-4-10(12,13)3-14;/h5H,3-4,14H2,1-2H3,(H,15,18)(H,16,17);1H. The molecule has 0 radical (unpaired) electrons. The third-order valence-electron chi connectivity index (χ3n) is 2.33. The molecule has 0 saturated heterocycles. The third kappa shape index (κ3) is 4.70. The third-order valence-corrected chi connectivity index (χ3v) is 3.13. The van der Waals surface area contributed by atoms with Gasteiger partial charge in [0.15, 0.2) is 5.69 Å². The maximum absolute atomic E-state index is 12.9. The van der Waals surface area contributed by atoms with Gasteiger partial charge in [0.05, 0.1) is 23.3 Å². The van der Waals surface area contributed by atoms with Gasteiger partial charge in [-0.1, -0.05) is 13.8 Å². The number of nitrogens with one attached hydrogen (secondary N) is 2. The molecule has 0 saturated carbocycles. The van der Waals surface area contributed by atoms with Crippen LogP contribution in [0.5, 0.6) is 0 Å². The van der Waals surface area contributed by atoms with Crippen LogP contribution >= 0.6 is 28.3 Å². The number of nitrogens with zero attached hydrogens (tertiary/aromatic N) is 1. The number of hydrogen-bond acceptors (Lipinski definition) is 3. The van der Waals surface area contributed by atoms with E-state index in [4.69, 9.17) is 5.73 Å². The van der Waals surface area contributed by atoms with E-state index in [0.29, 0.717) is 4.47 Å². The van der Waals surface area contributed by atoms with Crippen LogP contribution in [0.4, 0.5) is 8.78 Å². The first-order chi connectivity index (χ1) is 8.28. The fourth-order valence-corrected chi connectivity index (χ4v) is 2.06. The van der Waals surface area contributed by atoms with Crippen molar-refractivity contribution in [3.8, 4) is 0 Å². The molecule has 19 heavy (non-hydrogen) atoms. The maximum atomic E-state index is 12.9. The Balaban J connectivity index is 0.00000324. The number of alkyl halides is 2. The summed E-state index contributed by atoms with van der Waals surface area (Å²) in [5.41, 5.74) is 5.68. The molecule has 110 valence electrons. The van der Waals surface area contributed by atoms with Gasteiger partial charge in [0.1, 0.15) is 0 Å². The van der Waals surface area contributed by atoms with E-state index in [9.17, 15) is 13.6 Å². The second-order valence-corrected chi connectivity index (χ2v) is 4.99. The lowest BCUT2D eigenvalue weighted by molar-refractivity contribution is 0.0118. The minimum absolute atomic E-state index is 0. The zero-order valence-corrected chi connectivity index (χ0v) is 12.9. The van der Waals surface area contributed by atoms with Crippen molar-refractivity contribution in [1.29, 1.82) is 0 Å². The summed E-state index contributed by atoms with van der Waals surface area (Å²) in [6.45, 7) is 2.22. The SMILES string of the molecule is CC(C)c1[nH]nc(C(=O)NCC(F)(F)CN)c1Br.Cl. The van der Waals surface area contributed by atoms with Crippen LogP contribution in [0.3, 0.4) is 0 Å². The molecule has 0 spiro atoms. The normalized spacial score (nSPS) is 11.3. The molecule has 0 aliphatic rings. The summed E-state index contributed by atoms with van der Waals surface area (Å²) in [7, 11) is 0. The monoisotopic (exact) mass is 360 g/mol. The smallest absolute Gasteiger partial charge is 0.277 e. The molecule has 0 unspecified atom stereocenters. The number of nitrogens with two attached hydrogens (primary N) is 1. The van der Waals surface area contributed by atoms with Gasteiger partial charge in [-0.3, -0.25) is 9.89 Å². The average molecular weight is 362 g/mol. The number of amides is 1. The van der Waals surface area contributed by atoms with Crippen molar-refractivity contribution < 1.29 is 13.6 Å². The maximum Gasteiger partial charge on any atom is 0.277 e. The molecule has 1 amide bonds. The minimum atomic E-state index is -3.11. The second kappa shape index (κ2) is 7.16. The Morgan fingerprint density at radius 2 is 2.16 bits per heavy atom. The van der Waals surface area contributed by atoms with E-state index in [2.05, 4.69) is 31.4 Å². The summed E-state index contributed by atoms with van der Waals surface area (Å²) in [6.07, 6.45) is 0. The molecule has 0 bridgehead atoms. The number of aromatic amines is 1. The van der Waals surface area contributed by atoms with Crippen LogP contribution < -0.4 is 11.1 Å². The van der Waals surface area contributed by atoms with Crippen LogP contribution in [0, 0.1) is 0 Å². The van der Waals surface area contributed by atoms with E-state index in [0.717, 1.165) is 5.69 Å². The summed E-state index contributed by atoms with van der Waals surface area (Å²) in [6, 6.07) is 0. The van der Waals surface area contributed by atoms with Crippen LogP contribution in [-0.4, -0.2) is 35.1 Å². The molecule has 0 aliphatic heterocycles. The Bertz CT molecular complexity index is 439. The highest BCUT2D eigenvalue weighted by atomic mass is 79.9. The van der Waals surface area contributed by atoms with Crippen LogP contribution in [0.15, 0.2) is 4.47 Å². The first-order valence-corrected chi connectivity index (χ1v) is 6.17. The second-order valence-electron chi connectivity index (χ2n) is 4.20. The van der Waals surface area contributed by atoms with Crippen LogP contribution in [0.2, 0.25) is 0 Å². The molecule has 9 heteroatoms. The largest absolute Gasteiger partial charge is 0.345 e. The van der Waals surface area contributed by atoms with Gasteiger partial charge in [-0.15, -0.1) is 12.4 Å². The quantitative estimate of drug-likeness (QED) is 0.750. The van der Waals surface area contributed by atoms with Gasteiger partial charge >= 0.3 is 0 Å². The zero-order valence-electron chi connectivity index (χ0n) is 10.5. The Kier molecular flexibility index (Phi) is 6.88. The predicted octanol–water partition coefficient (Wildman–Crippen LogP) is 2.04. The highest BCUT2D eigenvalue weighted by Gasteiger charge is 2.28. The number of carbonyl (C=O) groups excluding carboxylic acids is 1. The van der Waals surface area contributed by atoms with E-state index in [1.807, 2.05) is 13.8 Å². The van der Waals surface area contributed by atoms with Crippen molar-refractivity contribution in [2.24, 2.45) is 5.73 Å². The minimum Gasteiger partial charge on any atom is -0.345 e. The summed E-state index contributed by atoms with van der Waals surface area (Å²) in [5.74, 6) is -3.64. The van der Waals surface area contributed by atoms with Gasteiger partial charge in [-0.25, -0.2) is 8.78 Å². The van der Waals surface area contributed by atoms with Crippen LogP contribution in [0.25, 0.3) is 0 Å². The fraction of sp³-hybridized carbons (Fsp3) is 0.600. The average Bonchev–Trinajstić information content (AvgIpc) is 2.68. The van der Waals surface area contributed by atoms with Crippen molar-refractivity contribution in [2.75, 3.05) is 13.1 Å². The topological polar surface area (TPSA) is 83.8 Å². The molecule has 0 aliphatic carbocycles. The Morgan fingerprint density at radius 3 is 2.58 bits per heavy atom. The van der Waals surface area contributed by atoms with Crippen molar-refractivity contribution in [1.82, 2.24) is 15.5 Å². The van der Waals surface area contributed by atoms with Crippen LogP contribution in [0.1, 0.15) is 35.9 Å². The number of halogens is 4. The van der Waals surface area contributed by atoms with Gasteiger partial charge in [-0.2, -0.15) is 5.10 Å². The molecule has 1 aromatic heterocycles. The highest BCUT2D eigenvalue weighted by Crippen LogP contribution is 2.25. The molecular weight excluding hydrogens is 345 g/mol. The van der Waals surface area contributed by atoms with E-state index >= 15 is 0 Å². The van der Waals surface area contributed by atoms with Gasteiger partial charge in [0.2, 0.25) is 0 Å². The molecule has 4 N–H and O–H groups in total. The Labute approximate surface area is 124 Å². The molecule has 1 heterocycles. The molecule has 0 aromatic carbocycles. The number of rotatable bonds is 5. The summed E-state index contributed by atoms with van der Waals surface area (Å²) >= 11 is 3.22. The summed E-state index contributed by atoms with van der Waals surface area (Å²) in [5, 5.41) is 8.60. The lowest BCUT2D eigenvalue weighted by Crippen LogP contribution is -2.41. The Hall–Kier alpha value is -0.730. The first kappa shape index (κ1) is 18.3. The number of H-pyrrole nitrogens is 1. The van der Waals surface area contributed by atoms with E-state index < -0.39 is 24.9 Å². The number of aromatic nitrogens is 2. The van der Waals surface area contributed by atoms with Gasteiger partial charge in [0.25, 0.3) is 11.8 Å². The van der Waals surface area contributed by atoms with Crippen molar-refractivity contribution in [2.45, 2.75) is 25.7 Å². The summed E-state index contributed by atoms with van der Waals surface area (Å²) < 4.78 is 26.3. The number of hydrogen-bond donors (Lipinski definition) is 3. The first-order valence-electron chi connectivity index (χ1n) is 5.38. The van der Waals surface area contributed by atoms with Gasteiger partial charge < -0.3 is 11.1 Å². The van der Waals surface area contributed by atoms with Crippen molar-refractivity contribution in [3.05, 3.63) is 15.9 Å². The van der Waals surface area contributed by atoms with E-state index in [1.54, 1.807) is 0 Å². The lowest BCUT2D eigenvalue weighted by Gasteiger charge is -2.13.